The zero-order chi connectivity index (χ0) is 15.8. The normalized spacial score (nSPS) is 21.0. The van der Waals surface area contributed by atoms with E-state index in [1.807, 2.05) is 25.1 Å². The number of rotatable bonds is 6. The number of halogens is 2. The van der Waals surface area contributed by atoms with E-state index in [1.54, 1.807) is 6.20 Å². The summed E-state index contributed by atoms with van der Waals surface area (Å²) in [6.07, 6.45) is 5.67. The second-order valence-electron chi connectivity index (χ2n) is 6.62. The van der Waals surface area contributed by atoms with E-state index < -0.39 is 0 Å². The van der Waals surface area contributed by atoms with Crippen LogP contribution in [0, 0.1) is 12.8 Å². The van der Waals surface area contributed by atoms with Crippen molar-refractivity contribution in [2.24, 2.45) is 5.92 Å². The number of anilines is 1. The molecule has 2 saturated carbocycles. The van der Waals surface area contributed by atoms with Gasteiger partial charge in [-0.1, -0.05) is 12.1 Å². The maximum atomic E-state index is 12.4. The van der Waals surface area contributed by atoms with Crippen molar-refractivity contribution in [1.82, 2.24) is 10.3 Å². The molecule has 2 aromatic rings. The van der Waals surface area contributed by atoms with Gasteiger partial charge in [0.05, 0.1) is 11.2 Å². The second-order valence-corrected chi connectivity index (χ2v) is 7.86. The largest absolute Gasteiger partial charge is 0.313 e. The van der Waals surface area contributed by atoms with Gasteiger partial charge in [0, 0.05) is 17.5 Å². The average Bonchev–Trinajstić information content (AvgIpc) is 3.45. The van der Waals surface area contributed by atoms with Crippen LogP contribution in [0.4, 0.5) is 5.00 Å². The van der Waals surface area contributed by atoms with Gasteiger partial charge in [0.25, 0.3) is 5.91 Å². The van der Waals surface area contributed by atoms with Gasteiger partial charge in [-0.25, -0.2) is 4.98 Å². The number of carbonyl (C=O) groups is 1. The van der Waals surface area contributed by atoms with Crippen molar-refractivity contribution in [2.75, 3.05) is 11.9 Å². The van der Waals surface area contributed by atoms with Crippen LogP contribution < -0.4 is 10.6 Å². The van der Waals surface area contributed by atoms with E-state index in [1.165, 1.54) is 36.2 Å². The first-order valence-corrected chi connectivity index (χ1v) is 9.08. The molecule has 136 valence electrons. The van der Waals surface area contributed by atoms with Gasteiger partial charge < -0.3 is 10.6 Å². The Morgan fingerprint density at radius 3 is 2.80 bits per heavy atom. The topological polar surface area (TPSA) is 54.0 Å². The van der Waals surface area contributed by atoms with E-state index >= 15 is 0 Å². The Labute approximate surface area is 164 Å². The number of thiazole rings is 1. The molecule has 1 amide bonds. The maximum Gasteiger partial charge on any atom is 0.256 e. The molecular formula is C18H23Cl2N3OS. The zero-order valence-electron chi connectivity index (χ0n) is 14.0. The average molecular weight is 400 g/mol. The van der Waals surface area contributed by atoms with E-state index in [-0.39, 0.29) is 30.7 Å². The molecule has 1 aromatic carbocycles. The number of aromatic nitrogens is 1. The molecule has 2 atom stereocenters. The molecule has 7 heteroatoms. The molecule has 2 fully saturated rings. The molecule has 25 heavy (non-hydrogen) atoms. The summed E-state index contributed by atoms with van der Waals surface area (Å²) in [5, 5.41) is 8.33. The lowest BCUT2D eigenvalue weighted by Gasteiger charge is -2.06. The summed E-state index contributed by atoms with van der Waals surface area (Å²) in [6.45, 7) is 3.09. The van der Waals surface area contributed by atoms with Crippen LogP contribution in [0.5, 0.6) is 0 Å². The molecule has 2 N–H and O–H groups in total. The predicted molar refractivity (Wildman–Crippen MR) is 108 cm³/mol. The van der Waals surface area contributed by atoms with Gasteiger partial charge in [0.1, 0.15) is 5.00 Å². The van der Waals surface area contributed by atoms with Crippen LogP contribution in [-0.2, 0) is 0 Å². The van der Waals surface area contributed by atoms with Crippen LogP contribution in [0.2, 0.25) is 0 Å². The minimum Gasteiger partial charge on any atom is -0.313 e. The highest BCUT2D eigenvalue weighted by molar-refractivity contribution is 7.15. The van der Waals surface area contributed by atoms with E-state index in [2.05, 4.69) is 21.7 Å². The Morgan fingerprint density at radius 2 is 2.12 bits per heavy atom. The molecule has 1 aromatic heterocycles. The lowest BCUT2D eigenvalue weighted by molar-refractivity contribution is 0.102. The zero-order valence-corrected chi connectivity index (χ0v) is 16.5. The first-order valence-electron chi connectivity index (χ1n) is 8.26. The summed E-state index contributed by atoms with van der Waals surface area (Å²) in [5.74, 6) is 1.42. The van der Waals surface area contributed by atoms with Gasteiger partial charge in [0.2, 0.25) is 0 Å². The molecule has 4 nitrogen and oxygen atoms in total. The lowest BCUT2D eigenvalue weighted by atomic mass is 10.1. The number of carbonyl (C=O) groups excluding carboxylic acids is 1. The Hall–Kier alpha value is -1.14. The third-order valence-corrected chi connectivity index (χ3v) is 5.42. The monoisotopic (exact) mass is 399 g/mol. The van der Waals surface area contributed by atoms with Crippen molar-refractivity contribution in [3.8, 4) is 0 Å². The van der Waals surface area contributed by atoms with Crippen LogP contribution in [0.15, 0.2) is 30.5 Å². The van der Waals surface area contributed by atoms with Crippen LogP contribution in [-0.4, -0.2) is 23.5 Å². The quantitative estimate of drug-likeness (QED) is 0.756. The summed E-state index contributed by atoms with van der Waals surface area (Å²) in [5.41, 5.74) is 1.99. The van der Waals surface area contributed by atoms with Crippen molar-refractivity contribution in [1.29, 1.82) is 0 Å². The molecule has 1 heterocycles. The molecule has 0 radical (unpaired) electrons. The number of hydrogen-bond acceptors (Lipinski definition) is 4. The Bertz CT molecular complexity index is 733. The minimum absolute atomic E-state index is 0. The number of amides is 1. The number of hydrogen-bond donors (Lipinski definition) is 2. The van der Waals surface area contributed by atoms with Crippen LogP contribution >= 0.6 is 36.2 Å². The maximum absolute atomic E-state index is 12.4. The first-order chi connectivity index (χ1) is 11.2. The van der Waals surface area contributed by atoms with Gasteiger partial charge in [-0.2, -0.15) is 0 Å². The highest BCUT2D eigenvalue weighted by Gasteiger charge is 2.39. The van der Waals surface area contributed by atoms with Gasteiger partial charge in [-0.3, -0.25) is 4.79 Å². The second kappa shape index (κ2) is 8.49. The smallest absolute Gasteiger partial charge is 0.256 e. The fraction of sp³-hybridized carbons (Fsp3) is 0.444. The van der Waals surface area contributed by atoms with Gasteiger partial charge in [0.15, 0.2) is 0 Å². The van der Waals surface area contributed by atoms with Gasteiger partial charge >= 0.3 is 0 Å². The Morgan fingerprint density at radius 1 is 1.32 bits per heavy atom. The van der Waals surface area contributed by atoms with Crippen LogP contribution in [0.3, 0.4) is 0 Å². The third kappa shape index (κ3) is 5.17. The first kappa shape index (κ1) is 20.2. The van der Waals surface area contributed by atoms with Crippen LogP contribution in [0.25, 0.3) is 0 Å². The van der Waals surface area contributed by atoms with Crippen molar-refractivity contribution < 1.29 is 4.79 Å². The minimum atomic E-state index is -0.0568. The van der Waals surface area contributed by atoms with Crippen LogP contribution in [0.1, 0.15) is 46.1 Å². The van der Waals surface area contributed by atoms with Crippen molar-refractivity contribution >= 4 is 47.1 Å². The summed E-state index contributed by atoms with van der Waals surface area (Å²) in [4.78, 5) is 16.5. The van der Waals surface area contributed by atoms with Crippen molar-refractivity contribution in [2.45, 2.75) is 38.1 Å². The predicted octanol–water partition coefficient (Wildman–Crippen LogP) is 4.40. The van der Waals surface area contributed by atoms with E-state index in [9.17, 15) is 4.79 Å². The van der Waals surface area contributed by atoms with E-state index in [4.69, 9.17) is 0 Å². The number of nitrogens with zero attached hydrogens (tertiary/aromatic N) is 1. The highest BCUT2D eigenvalue weighted by atomic mass is 35.5. The SMILES string of the molecule is Cc1ncc(NC(=O)c2cccc([C@@H]3C[C@H]3NCC3CC3)c2)s1.Cl.Cl. The number of benzene rings is 1. The van der Waals surface area contributed by atoms with Crippen molar-refractivity contribution in [3.63, 3.8) is 0 Å². The Balaban J connectivity index is 0.00000113. The van der Waals surface area contributed by atoms with E-state index in [0.717, 1.165) is 28.0 Å². The molecule has 0 aliphatic heterocycles. The fourth-order valence-electron chi connectivity index (χ4n) is 2.94. The molecule has 0 saturated heterocycles. The summed E-state index contributed by atoms with van der Waals surface area (Å²) >= 11 is 1.50. The molecular weight excluding hydrogens is 377 g/mol. The molecule has 4 rings (SSSR count). The highest BCUT2D eigenvalue weighted by Crippen LogP contribution is 2.41. The molecule has 2 aliphatic rings. The number of aryl methyl sites for hydroxylation is 1. The van der Waals surface area contributed by atoms with E-state index in [0.29, 0.717) is 12.0 Å². The number of nitrogens with one attached hydrogen (secondary N) is 2. The molecule has 0 unspecified atom stereocenters. The summed E-state index contributed by atoms with van der Waals surface area (Å²) < 4.78 is 0. The van der Waals surface area contributed by atoms with Gasteiger partial charge in [-0.15, -0.1) is 36.2 Å². The standard InChI is InChI=1S/C18H21N3OS.2ClH/c1-11-19-10-17(23-11)21-18(22)14-4-2-3-13(7-14)15-8-16(15)20-9-12-5-6-12;;/h2-4,7,10,12,15-16,20H,5-6,8-9H2,1H3,(H,21,22);2*1H/t15-,16+;;/m0../s1. The fourth-order valence-corrected chi connectivity index (χ4v) is 3.62. The third-order valence-electron chi connectivity index (χ3n) is 4.59. The van der Waals surface area contributed by atoms with Crippen molar-refractivity contribution in [3.05, 3.63) is 46.6 Å². The molecule has 2 aliphatic carbocycles. The molecule has 0 bridgehead atoms. The Kier molecular flexibility index (Phi) is 6.86. The van der Waals surface area contributed by atoms with Gasteiger partial charge in [-0.05, 0) is 56.3 Å². The summed E-state index contributed by atoms with van der Waals surface area (Å²) in [6, 6.07) is 8.63. The molecule has 0 spiro atoms. The summed E-state index contributed by atoms with van der Waals surface area (Å²) in [7, 11) is 0. The lowest BCUT2D eigenvalue weighted by Crippen LogP contribution is -2.20.